The van der Waals surface area contributed by atoms with Gasteiger partial charge in [-0.3, -0.25) is 9.59 Å². The third-order valence-electron chi connectivity index (χ3n) is 5.92. The van der Waals surface area contributed by atoms with E-state index in [1.807, 2.05) is 50.2 Å². The van der Waals surface area contributed by atoms with Gasteiger partial charge in [0.05, 0.1) is 13.2 Å². The van der Waals surface area contributed by atoms with Gasteiger partial charge in [0.15, 0.2) is 5.76 Å². The highest BCUT2D eigenvalue weighted by Gasteiger charge is 2.24. The fourth-order valence-electron chi connectivity index (χ4n) is 3.71. The number of halogens is 2. The standard InChI is InChI=1S/C27H31I2NO5/c1-5-17(4)34-24(31)16-23-19-10-8-9-11-20(19)26(35-23)25(32)18-14-21(28)27(22(29)15-18)33-13-12-30(6-2)7-3/h8-11,14-15,17H,5-7,12-13,16H2,1-4H3. The molecule has 0 aliphatic rings. The van der Waals surface area contributed by atoms with Gasteiger partial charge in [0.2, 0.25) is 5.78 Å². The molecule has 2 aromatic carbocycles. The Kier molecular flexibility index (Phi) is 10.4. The average Bonchev–Trinajstić information content (AvgIpc) is 3.20. The molecule has 6 nitrogen and oxygen atoms in total. The molecule has 0 N–H and O–H groups in total. The number of ketones is 1. The molecule has 0 amide bonds. The van der Waals surface area contributed by atoms with Crippen molar-refractivity contribution in [3.8, 4) is 5.75 Å². The number of hydrogen-bond donors (Lipinski definition) is 0. The minimum atomic E-state index is -0.367. The SMILES string of the molecule is CCC(C)OC(=O)Cc1oc(C(=O)c2cc(I)c(OCCN(CC)CC)c(I)c2)c2ccccc12. The first-order chi connectivity index (χ1) is 16.8. The zero-order valence-electron chi connectivity index (χ0n) is 20.5. The van der Waals surface area contributed by atoms with Gasteiger partial charge in [-0.2, -0.15) is 0 Å². The van der Waals surface area contributed by atoms with E-state index >= 15 is 0 Å². The predicted molar refractivity (Wildman–Crippen MR) is 154 cm³/mol. The largest absolute Gasteiger partial charge is 0.490 e. The molecule has 1 atom stereocenters. The summed E-state index contributed by atoms with van der Waals surface area (Å²) >= 11 is 4.41. The van der Waals surface area contributed by atoms with Crippen LogP contribution in [0.5, 0.6) is 5.75 Å². The van der Waals surface area contributed by atoms with Crippen LogP contribution in [-0.2, 0) is 16.0 Å². The van der Waals surface area contributed by atoms with E-state index in [2.05, 4.69) is 63.9 Å². The molecule has 8 heteroatoms. The molecule has 0 saturated carbocycles. The smallest absolute Gasteiger partial charge is 0.313 e. The van der Waals surface area contributed by atoms with E-state index in [1.54, 1.807) is 0 Å². The lowest BCUT2D eigenvalue weighted by Gasteiger charge is -2.19. The van der Waals surface area contributed by atoms with E-state index in [0.717, 1.165) is 44.3 Å². The van der Waals surface area contributed by atoms with Gasteiger partial charge in [-0.05, 0) is 83.7 Å². The van der Waals surface area contributed by atoms with Crippen LogP contribution in [-0.4, -0.2) is 49.0 Å². The van der Waals surface area contributed by atoms with Crippen molar-refractivity contribution in [3.63, 3.8) is 0 Å². The molecule has 188 valence electrons. The molecule has 35 heavy (non-hydrogen) atoms. The average molecular weight is 703 g/mol. The molecule has 0 spiro atoms. The molecule has 1 unspecified atom stereocenters. The first kappa shape index (κ1) is 27.9. The minimum absolute atomic E-state index is 0.0213. The number of rotatable bonds is 12. The van der Waals surface area contributed by atoms with Crippen molar-refractivity contribution in [3.05, 3.63) is 60.6 Å². The molecular weight excluding hydrogens is 672 g/mol. The van der Waals surface area contributed by atoms with Gasteiger partial charge in [0.1, 0.15) is 24.5 Å². The van der Waals surface area contributed by atoms with E-state index < -0.39 is 0 Å². The number of hydrogen-bond acceptors (Lipinski definition) is 6. The second-order valence-corrected chi connectivity index (χ2v) is 10.6. The molecule has 1 heterocycles. The normalized spacial score (nSPS) is 12.2. The Balaban J connectivity index is 1.85. The van der Waals surface area contributed by atoms with E-state index in [-0.39, 0.29) is 30.0 Å². The summed E-state index contributed by atoms with van der Waals surface area (Å²) in [5.74, 6) is 0.862. The Morgan fingerprint density at radius 3 is 2.26 bits per heavy atom. The van der Waals surface area contributed by atoms with Crippen LogP contribution in [0.4, 0.5) is 0 Å². The minimum Gasteiger partial charge on any atom is -0.490 e. The van der Waals surface area contributed by atoms with Crippen LogP contribution in [0.1, 0.15) is 56.0 Å². The number of likely N-dealkylation sites (N-methyl/N-ethyl adjacent to an activating group) is 1. The molecule has 0 radical (unpaired) electrons. The second-order valence-electron chi connectivity index (χ2n) is 8.26. The van der Waals surface area contributed by atoms with E-state index in [9.17, 15) is 9.59 Å². The first-order valence-corrected chi connectivity index (χ1v) is 14.0. The number of ether oxygens (including phenoxy) is 2. The van der Waals surface area contributed by atoms with Gasteiger partial charge in [-0.25, -0.2) is 0 Å². The first-order valence-electron chi connectivity index (χ1n) is 11.9. The molecule has 0 bridgehead atoms. The van der Waals surface area contributed by atoms with Crippen molar-refractivity contribution in [2.75, 3.05) is 26.2 Å². The molecule has 3 aromatic rings. The topological polar surface area (TPSA) is 69.0 Å². The molecule has 0 aliphatic carbocycles. The van der Waals surface area contributed by atoms with E-state index in [4.69, 9.17) is 13.9 Å². The number of carbonyl (C=O) groups excluding carboxylic acids is 2. The summed E-state index contributed by atoms with van der Waals surface area (Å²) in [6, 6.07) is 11.1. The van der Waals surface area contributed by atoms with Crippen molar-refractivity contribution in [2.45, 2.75) is 46.6 Å². The number of nitrogens with zero attached hydrogens (tertiary/aromatic N) is 1. The van der Waals surface area contributed by atoms with Crippen LogP contribution in [0.3, 0.4) is 0 Å². The summed E-state index contributed by atoms with van der Waals surface area (Å²) in [6.45, 7) is 11.5. The van der Waals surface area contributed by atoms with Crippen molar-refractivity contribution in [1.29, 1.82) is 0 Å². The molecular formula is C27H31I2NO5. The second kappa shape index (κ2) is 13.0. The highest BCUT2D eigenvalue weighted by molar-refractivity contribution is 14.1. The molecule has 3 rings (SSSR count). The molecule has 0 saturated heterocycles. The van der Waals surface area contributed by atoms with Crippen LogP contribution >= 0.6 is 45.2 Å². The summed E-state index contributed by atoms with van der Waals surface area (Å²) in [6.07, 6.45) is 0.551. The maximum Gasteiger partial charge on any atom is 0.313 e. The van der Waals surface area contributed by atoms with E-state index in [1.165, 1.54) is 0 Å². The van der Waals surface area contributed by atoms with Gasteiger partial charge in [-0.1, -0.05) is 45.0 Å². The maximum absolute atomic E-state index is 13.5. The zero-order chi connectivity index (χ0) is 25.5. The Hall–Kier alpha value is -1.66. The van der Waals surface area contributed by atoms with Crippen LogP contribution in [0, 0.1) is 7.14 Å². The fourth-order valence-corrected chi connectivity index (χ4v) is 5.79. The molecule has 1 aromatic heterocycles. The number of furan rings is 1. The summed E-state index contributed by atoms with van der Waals surface area (Å²) in [4.78, 5) is 28.2. The zero-order valence-corrected chi connectivity index (χ0v) is 24.8. The quantitative estimate of drug-likeness (QED) is 0.122. The van der Waals surface area contributed by atoms with Gasteiger partial charge in [0.25, 0.3) is 0 Å². The molecule has 0 fully saturated rings. The lowest BCUT2D eigenvalue weighted by Crippen LogP contribution is -2.28. The van der Waals surface area contributed by atoms with Gasteiger partial charge in [-0.15, -0.1) is 0 Å². The molecule has 0 aliphatic heterocycles. The van der Waals surface area contributed by atoms with Crippen molar-refractivity contribution >= 4 is 67.7 Å². The third-order valence-corrected chi connectivity index (χ3v) is 7.53. The van der Waals surface area contributed by atoms with Gasteiger partial charge >= 0.3 is 5.97 Å². The summed E-state index contributed by atoms with van der Waals surface area (Å²) in [5.41, 5.74) is 0.517. The number of fused-ring (bicyclic) bond motifs is 1. The van der Waals surface area contributed by atoms with Crippen LogP contribution < -0.4 is 4.74 Å². The number of benzene rings is 2. The monoisotopic (exact) mass is 703 g/mol. The fraction of sp³-hybridized carbons (Fsp3) is 0.407. The summed E-state index contributed by atoms with van der Waals surface area (Å²) in [5, 5.41) is 1.44. The maximum atomic E-state index is 13.5. The lowest BCUT2D eigenvalue weighted by atomic mass is 10.0. The van der Waals surface area contributed by atoms with Crippen LogP contribution in [0.15, 0.2) is 40.8 Å². The Morgan fingerprint density at radius 1 is 1.03 bits per heavy atom. The Labute approximate surface area is 234 Å². The summed E-state index contributed by atoms with van der Waals surface area (Å²) in [7, 11) is 0. The lowest BCUT2D eigenvalue weighted by molar-refractivity contribution is -0.147. The highest BCUT2D eigenvalue weighted by atomic mass is 127. The highest BCUT2D eigenvalue weighted by Crippen LogP contribution is 2.33. The number of carbonyl (C=O) groups is 2. The van der Waals surface area contributed by atoms with Crippen LogP contribution in [0.25, 0.3) is 10.8 Å². The van der Waals surface area contributed by atoms with Crippen molar-refractivity contribution in [1.82, 2.24) is 4.90 Å². The van der Waals surface area contributed by atoms with Gasteiger partial charge in [0, 0.05) is 22.9 Å². The van der Waals surface area contributed by atoms with Crippen molar-refractivity contribution in [2.24, 2.45) is 0 Å². The Morgan fingerprint density at radius 2 is 1.66 bits per heavy atom. The summed E-state index contributed by atoms with van der Waals surface area (Å²) < 4.78 is 19.2. The van der Waals surface area contributed by atoms with Crippen molar-refractivity contribution < 1.29 is 23.5 Å². The third kappa shape index (κ3) is 6.97. The Bertz CT molecular complexity index is 1160. The number of esters is 1. The van der Waals surface area contributed by atoms with E-state index in [0.29, 0.717) is 23.3 Å². The van der Waals surface area contributed by atoms with Gasteiger partial charge < -0.3 is 18.8 Å². The van der Waals surface area contributed by atoms with Crippen LogP contribution in [0.2, 0.25) is 0 Å². The predicted octanol–water partition coefficient (Wildman–Crippen LogP) is 6.48.